The molecule has 1 saturated heterocycles. The number of methoxy groups -OCH3 is 1. The molecule has 2 heterocycles. The summed E-state index contributed by atoms with van der Waals surface area (Å²) in [6.45, 7) is 1.40. The average Bonchev–Trinajstić information content (AvgIpc) is 3.41. The van der Waals surface area contributed by atoms with Gasteiger partial charge in [0.15, 0.2) is 0 Å². The largest absolute Gasteiger partial charge is 0.489 e. The molecule has 2 N–H and O–H groups in total. The maximum Gasteiger partial charge on any atom is 0.255 e. The Balaban J connectivity index is 1.17. The molecule has 3 amide bonds. The second kappa shape index (κ2) is 10.0. The van der Waals surface area contributed by atoms with E-state index in [1.165, 1.54) is 12.8 Å². The number of hydrogen-bond donors (Lipinski definition) is 2. The number of benzene rings is 1. The average molecular weight is 470 g/mol. The molecule has 8 nitrogen and oxygen atoms in total. The van der Waals surface area contributed by atoms with Gasteiger partial charge in [-0.15, -0.1) is 0 Å². The van der Waals surface area contributed by atoms with Gasteiger partial charge in [0.25, 0.3) is 5.91 Å². The number of fused-ring (bicyclic) bond motifs is 1. The van der Waals surface area contributed by atoms with Gasteiger partial charge in [0.05, 0.1) is 6.10 Å². The Morgan fingerprint density at radius 1 is 1.06 bits per heavy atom. The van der Waals surface area contributed by atoms with E-state index in [0.717, 1.165) is 50.0 Å². The summed E-state index contributed by atoms with van der Waals surface area (Å²) in [5.74, 6) is 0.667. The van der Waals surface area contributed by atoms with Crippen LogP contribution in [-0.4, -0.2) is 60.6 Å². The van der Waals surface area contributed by atoms with Crippen molar-refractivity contribution >= 4 is 17.7 Å². The van der Waals surface area contributed by atoms with Gasteiger partial charge in [-0.25, -0.2) is 0 Å². The van der Waals surface area contributed by atoms with Gasteiger partial charge in [-0.2, -0.15) is 0 Å². The van der Waals surface area contributed by atoms with Crippen molar-refractivity contribution in [2.24, 2.45) is 5.92 Å². The fraction of sp³-hybridized carbons (Fsp3) is 0.654. The Morgan fingerprint density at radius 2 is 1.88 bits per heavy atom. The number of carbonyl (C=O) groups excluding carboxylic acids is 3. The highest BCUT2D eigenvalue weighted by atomic mass is 16.5. The molecular weight excluding hydrogens is 434 g/mol. The van der Waals surface area contributed by atoms with Crippen molar-refractivity contribution in [3.05, 3.63) is 29.3 Å². The summed E-state index contributed by atoms with van der Waals surface area (Å²) < 4.78 is 11.9. The molecule has 2 saturated carbocycles. The molecule has 0 aromatic heterocycles. The summed E-state index contributed by atoms with van der Waals surface area (Å²) >= 11 is 0. The molecule has 0 bridgehead atoms. The molecule has 2 aliphatic heterocycles. The lowest BCUT2D eigenvalue weighted by Gasteiger charge is -2.30. The van der Waals surface area contributed by atoms with Crippen molar-refractivity contribution in [1.82, 2.24) is 15.5 Å². The first-order chi connectivity index (χ1) is 16.5. The van der Waals surface area contributed by atoms with Gasteiger partial charge in [-0.05, 0) is 87.6 Å². The van der Waals surface area contributed by atoms with E-state index in [-0.39, 0.29) is 30.2 Å². The van der Waals surface area contributed by atoms with E-state index in [2.05, 4.69) is 10.6 Å². The second-order valence-electron chi connectivity index (χ2n) is 10.2. The molecule has 3 fully saturated rings. The number of ether oxygens (including phenoxy) is 2. The minimum absolute atomic E-state index is 0.122. The molecular formula is C26H35N3O5. The molecule has 34 heavy (non-hydrogen) atoms. The fourth-order valence-electron chi connectivity index (χ4n) is 5.99. The maximum absolute atomic E-state index is 12.9. The van der Waals surface area contributed by atoms with Crippen molar-refractivity contribution in [1.29, 1.82) is 0 Å². The fourth-order valence-corrected chi connectivity index (χ4v) is 5.99. The Kier molecular flexibility index (Phi) is 6.88. The van der Waals surface area contributed by atoms with Crippen molar-refractivity contribution in [2.75, 3.05) is 13.7 Å². The number of nitrogens with zero attached hydrogens (tertiary/aromatic N) is 1. The van der Waals surface area contributed by atoms with Crippen LogP contribution in [0.1, 0.15) is 73.7 Å². The third-order valence-corrected chi connectivity index (χ3v) is 8.03. The van der Waals surface area contributed by atoms with Crippen LogP contribution in [-0.2, 0) is 20.9 Å². The van der Waals surface area contributed by atoms with Crippen LogP contribution in [0.2, 0.25) is 0 Å². The number of rotatable bonds is 7. The highest BCUT2D eigenvalue weighted by molar-refractivity contribution is 6.05. The topological polar surface area (TPSA) is 97.0 Å². The lowest BCUT2D eigenvalue weighted by atomic mass is 9.87. The van der Waals surface area contributed by atoms with E-state index in [1.807, 2.05) is 25.3 Å². The zero-order valence-electron chi connectivity index (χ0n) is 19.9. The van der Waals surface area contributed by atoms with Gasteiger partial charge < -0.3 is 19.7 Å². The number of amides is 3. The minimum atomic E-state index is -0.593. The summed E-state index contributed by atoms with van der Waals surface area (Å²) in [6, 6.07) is 5.37. The van der Waals surface area contributed by atoms with Gasteiger partial charge in [-0.1, -0.05) is 0 Å². The standard InChI is InChI=1S/C26H35N3O5/c1-33-18-7-5-16(6-8-18)14-27-21-3-2-4-23(21)34-19-9-10-20-17(13-19)15-29(26(20)32)22-11-12-24(30)28-25(22)31/h9-10,13,16,18,21-23,27H,2-8,11-12,14-15H2,1H3,(H,28,30,31)/t16-,18-,21-,22?,23-/m0/s1. The van der Waals surface area contributed by atoms with Crippen LogP contribution in [0.15, 0.2) is 18.2 Å². The van der Waals surface area contributed by atoms with Crippen LogP contribution in [0.3, 0.4) is 0 Å². The zero-order chi connectivity index (χ0) is 23.7. The molecule has 1 aromatic carbocycles. The Bertz CT molecular complexity index is 942. The molecule has 8 heteroatoms. The molecule has 0 spiro atoms. The summed E-state index contributed by atoms with van der Waals surface area (Å²) in [5, 5.41) is 6.12. The molecule has 5 rings (SSSR count). The Labute approximate surface area is 200 Å². The SMILES string of the molecule is CO[C@H]1CC[C@H](CN[C@H]2CCC[C@@H]2Oc2ccc3c(c2)CN(C2CCC(=O)NC2=O)C3=O)CC1. The van der Waals surface area contributed by atoms with Crippen LogP contribution in [0.4, 0.5) is 0 Å². The van der Waals surface area contributed by atoms with E-state index in [9.17, 15) is 14.4 Å². The van der Waals surface area contributed by atoms with Gasteiger partial charge in [-0.3, -0.25) is 19.7 Å². The van der Waals surface area contributed by atoms with Crippen LogP contribution < -0.4 is 15.4 Å². The quantitative estimate of drug-likeness (QED) is 0.596. The molecule has 1 unspecified atom stereocenters. The third kappa shape index (κ3) is 4.84. The summed E-state index contributed by atoms with van der Waals surface area (Å²) in [7, 11) is 1.81. The van der Waals surface area contributed by atoms with E-state index < -0.39 is 6.04 Å². The van der Waals surface area contributed by atoms with Crippen molar-refractivity contribution in [3.8, 4) is 5.75 Å². The van der Waals surface area contributed by atoms with E-state index >= 15 is 0 Å². The van der Waals surface area contributed by atoms with Crippen LogP contribution in [0.25, 0.3) is 0 Å². The van der Waals surface area contributed by atoms with Crippen molar-refractivity contribution in [2.45, 2.75) is 88.6 Å². The number of carbonyl (C=O) groups is 3. The molecule has 4 aliphatic rings. The smallest absolute Gasteiger partial charge is 0.255 e. The molecule has 0 radical (unpaired) electrons. The predicted octanol–water partition coefficient (Wildman–Crippen LogP) is 2.54. The second-order valence-corrected chi connectivity index (χ2v) is 10.2. The summed E-state index contributed by atoms with van der Waals surface area (Å²) in [4.78, 5) is 38.2. The highest BCUT2D eigenvalue weighted by Gasteiger charge is 2.39. The minimum Gasteiger partial charge on any atom is -0.489 e. The predicted molar refractivity (Wildman–Crippen MR) is 125 cm³/mol. The lowest BCUT2D eigenvalue weighted by molar-refractivity contribution is -0.136. The Hall–Kier alpha value is -2.45. The highest BCUT2D eigenvalue weighted by Crippen LogP contribution is 2.32. The van der Waals surface area contributed by atoms with Gasteiger partial charge in [0.1, 0.15) is 17.9 Å². The number of hydrogen-bond acceptors (Lipinski definition) is 6. The monoisotopic (exact) mass is 469 g/mol. The van der Waals surface area contributed by atoms with Gasteiger partial charge >= 0.3 is 0 Å². The van der Waals surface area contributed by atoms with Gasteiger partial charge in [0.2, 0.25) is 11.8 Å². The van der Waals surface area contributed by atoms with E-state index in [0.29, 0.717) is 36.6 Å². The number of imide groups is 1. The van der Waals surface area contributed by atoms with E-state index in [1.54, 1.807) is 4.90 Å². The van der Waals surface area contributed by atoms with Crippen molar-refractivity contribution in [3.63, 3.8) is 0 Å². The molecule has 1 aromatic rings. The van der Waals surface area contributed by atoms with Gasteiger partial charge in [0, 0.05) is 31.7 Å². The van der Waals surface area contributed by atoms with Crippen LogP contribution in [0, 0.1) is 5.92 Å². The maximum atomic E-state index is 12.9. The first-order valence-corrected chi connectivity index (χ1v) is 12.7. The van der Waals surface area contributed by atoms with E-state index in [4.69, 9.17) is 9.47 Å². The third-order valence-electron chi connectivity index (χ3n) is 8.03. The normalized spacial score (nSPS) is 31.5. The number of nitrogens with one attached hydrogen (secondary N) is 2. The molecule has 3 atom stereocenters. The Morgan fingerprint density at radius 3 is 2.65 bits per heavy atom. The molecule has 2 aliphatic carbocycles. The van der Waals surface area contributed by atoms with Crippen LogP contribution in [0.5, 0.6) is 5.75 Å². The zero-order valence-corrected chi connectivity index (χ0v) is 19.9. The molecule has 184 valence electrons. The van der Waals surface area contributed by atoms with Crippen molar-refractivity contribution < 1.29 is 23.9 Å². The lowest BCUT2D eigenvalue weighted by Crippen LogP contribution is -2.52. The first kappa shape index (κ1) is 23.3. The first-order valence-electron chi connectivity index (χ1n) is 12.7. The number of piperidine rings is 1. The summed E-state index contributed by atoms with van der Waals surface area (Å²) in [6.07, 6.45) is 9.19. The summed E-state index contributed by atoms with van der Waals surface area (Å²) in [5.41, 5.74) is 1.49. The van der Waals surface area contributed by atoms with Crippen LogP contribution >= 0.6 is 0 Å².